The zero-order valence-corrected chi connectivity index (χ0v) is 11.3. The summed E-state index contributed by atoms with van der Waals surface area (Å²) < 4.78 is 0.840. The number of nitrogens with zero attached hydrogens (tertiary/aromatic N) is 3. The van der Waals surface area contributed by atoms with E-state index >= 15 is 0 Å². The van der Waals surface area contributed by atoms with Crippen LogP contribution < -0.4 is 11.1 Å². The highest BCUT2D eigenvalue weighted by Crippen LogP contribution is 2.26. The molecule has 0 atom stereocenters. The molecule has 0 spiro atoms. The van der Waals surface area contributed by atoms with E-state index in [1.165, 1.54) is 0 Å². The van der Waals surface area contributed by atoms with Gasteiger partial charge in [-0.2, -0.15) is 0 Å². The molecule has 3 N–H and O–H groups in total. The summed E-state index contributed by atoms with van der Waals surface area (Å²) in [5.41, 5.74) is 7.49. The smallest absolute Gasteiger partial charge is 0.318 e. The van der Waals surface area contributed by atoms with Gasteiger partial charge in [0.05, 0.1) is 18.8 Å². The number of hydrogen-bond acceptors (Lipinski definition) is 4. The van der Waals surface area contributed by atoms with E-state index in [1.54, 1.807) is 4.90 Å². The summed E-state index contributed by atoms with van der Waals surface area (Å²) >= 11 is 2.13. The zero-order chi connectivity index (χ0) is 12.0. The average Bonchev–Trinajstić information content (AvgIpc) is 2.94. The standard InChI is InChI=1S/C10H12IN5O/c11-8-6-3-16(10(17)13-5-1-2-5)4-7(6)14-9(12)15-8/h5H,1-4H2,(H,13,17)(H2,12,14,15). The molecule has 3 rings (SSSR count). The predicted octanol–water partition coefficient (Wildman–Crippen LogP) is 0.851. The molecule has 90 valence electrons. The van der Waals surface area contributed by atoms with E-state index in [-0.39, 0.29) is 12.0 Å². The fourth-order valence-corrected chi connectivity index (χ4v) is 2.60. The van der Waals surface area contributed by atoms with Crippen LogP contribution in [0.4, 0.5) is 10.7 Å². The fourth-order valence-electron chi connectivity index (χ4n) is 1.87. The van der Waals surface area contributed by atoms with Crippen molar-refractivity contribution in [1.29, 1.82) is 0 Å². The molecule has 2 heterocycles. The maximum absolute atomic E-state index is 11.9. The van der Waals surface area contributed by atoms with Gasteiger partial charge in [0, 0.05) is 11.6 Å². The monoisotopic (exact) mass is 345 g/mol. The van der Waals surface area contributed by atoms with Crippen molar-refractivity contribution in [2.75, 3.05) is 5.73 Å². The number of nitrogen functional groups attached to an aromatic ring is 1. The van der Waals surface area contributed by atoms with Crippen LogP contribution in [-0.2, 0) is 13.1 Å². The Labute approximate surface area is 112 Å². The Morgan fingerprint density at radius 1 is 1.41 bits per heavy atom. The molecule has 0 radical (unpaired) electrons. The number of urea groups is 1. The van der Waals surface area contributed by atoms with Crippen molar-refractivity contribution in [3.63, 3.8) is 0 Å². The third-order valence-electron chi connectivity index (χ3n) is 2.94. The van der Waals surface area contributed by atoms with Crippen molar-refractivity contribution in [2.45, 2.75) is 32.0 Å². The van der Waals surface area contributed by atoms with Crippen LogP contribution in [-0.4, -0.2) is 26.9 Å². The van der Waals surface area contributed by atoms with Gasteiger partial charge in [0.2, 0.25) is 5.95 Å². The van der Waals surface area contributed by atoms with E-state index in [4.69, 9.17) is 5.73 Å². The number of hydrogen-bond donors (Lipinski definition) is 2. The Bertz CT molecular complexity index is 488. The number of rotatable bonds is 1. The maximum atomic E-state index is 11.9. The second-order valence-corrected chi connectivity index (χ2v) is 5.40. The number of halogens is 1. The number of anilines is 1. The number of aromatic nitrogens is 2. The number of amides is 2. The molecular weight excluding hydrogens is 333 g/mol. The fraction of sp³-hybridized carbons (Fsp3) is 0.500. The molecule has 0 unspecified atom stereocenters. The van der Waals surface area contributed by atoms with Gasteiger partial charge >= 0.3 is 6.03 Å². The molecule has 0 aromatic carbocycles. The Morgan fingerprint density at radius 2 is 2.18 bits per heavy atom. The van der Waals surface area contributed by atoms with E-state index < -0.39 is 0 Å². The minimum Gasteiger partial charge on any atom is -0.368 e. The molecule has 17 heavy (non-hydrogen) atoms. The topological polar surface area (TPSA) is 84.1 Å². The van der Waals surface area contributed by atoms with Gasteiger partial charge in [0.25, 0.3) is 0 Å². The first kappa shape index (κ1) is 11.0. The van der Waals surface area contributed by atoms with Gasteiger partial charge < -0.3 is 16.0 Å². The summed E-state index contributed by atoms with van der Waals surface area (Å²) in [6, 6.07) is 0.362. The Morgan fingerprint density at radius 3 is 2.88 bits per heavy atom. The molecule has 2 amide bonds. The summed E-state index contributed by atoms with van der Waals surface area (Å²) in [6.07, 6.45) is 2.19. The first-order chi connectivity index (χ1) is 8.13. The van der Waals surface area contributed by atoms with Crippen molar-refractivity contribution < 1.29 is 4.79 Å². The van der Waals surface area contributed by atoms with Crippen LogP contribution >= 0.6 is 22.6 Å². The SMILES string of the molecule is Nc1nc(I)c2c(n1)CN(C(=O)NC1CC1)C2. The van der Waals surface area contributed by atoms with E-state index in [1.807, 2.05) is 0 Å². The summed E-state index contributed by atoms with van der Waals surface area (Å²) in [7, 11) is 0. The Balaban J connectivity index is 1.77. The summed E-state index contributed by atoms with van der Waals surface area (Å²) in [5, 5.41) is 2.97. The number of fused-ring (bicyclic) bond motifs is 1. The van der Waals surface area contributed by atoms with Crippen LogP contribution in [0, 0.1) is 3.70 Å². The lowest BCUT2D eigenvalue weighted by molar-refractivity contribution is 0.197. The van der Waals surface area contributed by atoms with Gasteiger partial charge in [0.1, 0.15) is 3.70 Å². The average molecular weight is 345 g/mol. The lowest BCUT2D eigenvalue weighted by Crippen LogP contribution is -2.37. The molecule has 0 saturated heterocycles. The molecule has 0 bridgehead atoms. The number of nitrogens with two attached hydrogens (primary N) is 1. The normalized spacial score (nSPS) is 18.1. The highest BCUT2D eigenvalue weighted by molar-refractivity contribution is 14.1. The third kappa shape index (κ3) is 2.15. The summed E-state index contributed by atoms with van der Waals surface area (Å²) in [5.74, 6) is 0.276. The molecule has 1 aromatic heterocycles. The van der Waals surface area contributed by atoms with E-state index in [0.717, 1.165) is 27.8 Å². The molecule has 1 aliphatic carbocycles. The van der Waals surface area contributed by atoms with Crippen LogP contribution in [0.1, 0.15) is 24.1 Å². The second kappa shape index (κ2) is 3.97. The van der Waals surface area contributed by atoms with Gasteiger partial charge in [-0.05, 0) is 35.4 Å². The second-order valence-electron chi connectivity index (χ2n) is 4.38. The van der Waals surface area contributed by atoms with Crippen molar-refractivity contribution in [2.24, 2.45) is 0 Å². The predicted molar refractivity (Wildman–Crippen MR) is 70.0 cm³/mol. The van der Waals surface area contributed by atoms with E-state index in [2.05, 4.69) is 37.9 Å². The summed E-state index contributed by atoms with van der Waals surface area (Å²) in [4.78, 5) is 21.9. The highest BCUT2D eigenvalue weighted by atomic mass is 127. The van der Waals surface area contributed by atoms with E-state index in [9.17, 15) is 4.79 Å². The van der Waals surface area contributed by atoms with Crippen LogP contribution in [0.5, 0.6) is 0 Å². The quantitative estimate of drug-likeness (QED) is 0.584. The van der Waals surface area contributed by atoms with Crippen molar-refractivity contribution in [3.8, 4) is 0 Å². The third-order valence-corrected chi connectivity index (χ3v) is 3.83. The molecule has 2 aliphatic rings. The van der Waals surface area contributed by atoms with Crippen LogP contribution in [0.15, 0.2) is 0 Å². The van der Waals surface area contributed by atoms with Gasteiger partial charge in [-0.15, -0.1) is 0 Å². The summed E-state index contributed by atoms with van der Waals surface area (Å²) in [6.45, 7) is 1.10. The molecule has 1 saturated carbocycles. The molecule has 1 aromatic rings. The molecule has 6 nitrogen and oxygen atoms in total. The van der Waals surface area contributed by atoms with E-state index in [0.29, 0.717) is 19.1 Å². The van der Waals surface area contributed by atoms with Gasteiger partial charge in [-0.1, -0.05) is 0 Å². The van der Waals surface area contributed by atoms with Crippen LogP contribution in [0.25, 0.3) is 0 Å². The number of nitrogens with one attached hydrogen (secondary N) is 1. The van der Waals surface area contributed by atoms with Gasteiger partial charge in [-0.25, -0.2) is 14.8 Å². The molecular formula is C10H12IN5O. The van der Waals surface area contributed by atoms with Crippen LogP contribution in [0.3, 0.4) is 0 Å². The van der Waals surface area contributed by atoms with Gasteiger partial charge in [-0.3, -0.25) is 0 Å². The lowest BCUT2D eigenvalue weighted by atomic mass is 10.3. The Hall–Kier alpha value is -1.12. The first-order valence-electron chi connectivity index (χ1n) is 5.49. The minimum absolute atomic E-state index is 0.0140. The van der Waals surface area contributed by atoms with Crippen LogP contribution in [0.2, 0.25) is 0 Å². The molecule has 1 fully saturated rings. The highest BCUT2D eigenvalue weighted by Gasteiger charge is 2.31. The molecule has 7 heteroatoms. The Kier molecular flexibility index (Phi) is 2.57. The largest absolute Gasteiger partial charge is 0.368 e. The van der Waals surface area contributed by atoms with Gasteiger partial charge in [0.15, 0.2) is 0 Å². The van der Waals surface area contributed by atoms with Crippen molar-refractivity contribution in [3.05, 3.63) is 15.0 Å². The maximum Gasteiger partial charge on any atom is 0.318 e. The lowest BCUT2D eigenvalue weighted by Gasteiger charge is -2.15. The number of carbonyl (C=O) groups excluding carboxylic acids is 1. The number of carbonyl (C=O) groups is 1. The molecule has 1 aliphatic heterocycles. The zero-order valence-electron chi connectivity index (χ0n) is 9.11. The first-order valence-corrected chi connectivity index (χ1v) is 6.57. The minimum atomic E-state index is -0.0140. The van der Waals surface area contributed by atoms with Crippen molar-refractivity contribution >= 4 is 34.6 Å². The van der Waals surface area contributed by atoms with Crippen molar-refractivity contribution in [1.82, 2.24) is 20.2 Å².